The Labute approximate surface area is 165 Å². The number of oxazole rings is 1. The van der Waals surface area contributed by atoms with E-state index in [0.29, 0.717) is 5.91 Å². The number of hydrogen-bond donors (Lipinski definition) is 0. The van der Waals surface area contributed by atoms with E-state index in [0.717, 1.165) is 67.8 Å². The van der Waals surface area contributed by atoms with Crippen LogP contribution in [0.25, 0.3) is 10.8 Å². The van der Waals surface area contributed by atoms with Crippen LogP contribution >= 0.6 is 11.3 Å². The average Bonchev–Trinajstić information content (AvgIpc) is 3.25. The maximum absolute atomic E-state index is 12.8. The van der Waals surface area contributed by atoms with E-state index >= 15 is 0 Å². The van der Waals surface area contributed by atoms with E-state index in [1.165, 1.54) is 25.7 Å². The van der Waals surface area contributed by atoms with E-state index in [9.17, 15) is 4.79 Å². The van der Waals surface area contributed by atoms with Crippen LogP contribution in [0.2, 0.25) is 0 Å². The molecule has 0 bridgehead atoms. The number of thiophene rings is 1. The number of amides is 1. The van der Waals surface area contributed by atoms with E-state index < -0.39 is 0 Å². The van der Waals surface area contributed by atoms with Crippen molar-refractivity contribution in [2.24, 2.45) is 5.92 Å². The van der Waals surface area contributed by atoms with Crippen LogP contribution in [0.1, 0.15) is 50.0 Å². The van der Waals surface area contributed by atoms with Crippen molar-refractivity contribution in [2.75, 3.05) is 26.2 Å². The molecule has 146 valence electrons. The summed E-state index contributed by atoms with van der Waals surface area (Å²) < 4.78 is 5.86. The Bertz CT molecular complexity index is 740. The molecule has 2 fully saturated rings. The van der Waals surface area contributed by atoms with Gasteiger partial charge in [-0.25, -0.2) is 4.98 Å². The molecule has 4 rings (SSSR count). The molecule has 27 heavy (non-hydrogen) atoms. The predicted molar refractivity (Wildman–Crippen MR) is 108 cm³/mol. The first kappa shape index (κ1) is 18.7. The van der Waals surface area contributed by atoms with Gasteiger partial charge in [0.05, 0.1) is 10.6 Å². The molecule has 2 aliphatic heterocycles. The summed E-state index contributed by atoms with van der Waals surface area (Å²) in [5.41, 5.74) is 1.02. The second-order valence-corrected chi connectivity index (χ2v) is 8.74. The maximum Gasteiger partial charge on any atom is 0.236 e. The van der Waals surface area contributed by atoms with Gasteiger partial charge in [-0.15, -0.1) is 11.3 Å². The number of piperidine rings is 1. The molecule has 0 unspecified atom stereocenters. The molecule has 0 atom stereocenters. The Morgan fingerprint density at radius 2 is 1.93 bits per heavy atom. The van der Waals surface area contributed by atoms with Crippen molar-refractivity contribution in [3.63, 3.8) is 0 Å². The quantitative estimate of drug-likeness (QED) is 0.784. The van der Waals surface area contributed by atoms with Gasteiger partial charge in [-0.05, 0) is 57.1 Å². The number of aryl methyl sites for hydroxylation is 1. The van der Waals surface area contributed by atoms with Crippen LogP contribution in [-0.4, -0.2) is 46.9 Å². The molecule has 1 amide bonds. The lowest BCUT2D eigenvalue weighted by Gasteiger charge is -2.33. The fraction of sp³-hybridized carbons (Fsp3) is 0.619. The number of likely N-dealkylation sites (tertiary alicyclic amines) is 2. The van der Waals surface area contributed by atoms with Crippen LogP contribution in [0.15, 0.2) is 21.9 Å². The standard InChI is InChI=1S/C21H29N3O2S/c1-16-18(22-20(26-16)19-7-6-14-27-19)15-23-12-8-17(9-13-23)21(25)24-10-4-2-3-5-11-24/h6-7,14,17H,2-5,8-13,15H2,1H3. The number of nitrogens with zero attached hydrogens (tertiary/aromatic N) is 3. The van der Waals surface area contributed by atoms with Gasteiger partial charge in [-0.3, -0.25) is 9.69 Å². The SMILES string of the molecule is Cc1oc(-c2cccs2)nc1CN1CCC(C(=O)N2CCCCCC2)CC1. The third-order valence-electron chi connectivity index (χ3n) is 5.85. The van der Waals surface area contributed by atoms with Gasteiger partial charge in [-0.2, -0.15) is 0 Å². The molecule has 2 saturated heterocycles. The normalized spacial score (nSPS) is 20.0. The highest BCUT2D eigenvalue weighted by Gasteiger charge is 2.29. The number of rotatable bonds is 4. The summed E-state index contributed by atoms with van der Waals surface area (Å²) in [5.74, 6) is 2.23. The van der Waals surface area contributed by atoms with Gasteiger partial charge in [-0.1, -0.05) is 18.9 Å². The fourth-order valence-corrected chi connectivity index (χ4v) is 4.83. The van der Waals surface area contributed by atoms with Crippen molar-refractivity contribution in [3.05, 3.63) is 29.0 Å². The molecule has 4 heterocycles. The third-order valence-corrected chi connectivity index (χ3v) is 6.71. The molecular weight excluding hydrogens is 358 g/mol. The van der Waals surface area contributed by atoms with Crippen molar-refractivity contribution in [2.45, 2.75) is 52.0 Å². The summed E-state index contributed by atoms with van der Waals surface area (Å²) in [6.45, 7) is 6.65. The van der Waals surface area contributed by atoms with Gasteiger partial charge in [0.1, 0.15) is 5.76 Å². The Balaban J connectivity index is 1.31. The van der Waals surface area contributed by atoms with Crippen LogP contribution in [0.3, 0.4) is 0 Å². The average molecular weight is 388 g/mol. The van der Waals surface area contributed by atoms with Crippen molar-refractivity contribution in [1.29, 1.82) is 0 Å². The molecule has 2 aromatic rings. The zero-order valence-corrected chi connectivity index (χ0v) is 17.0. The first-order chi connectivity index (χ1) is 13.2. The van der Waals surface area contributed by atoms with Gasteiger partial charge in [0.15, 0.2) is 0 Å². The van der Waals surface area contributed by atoms with Gasteiger partial charge in [0, 0.05) is 25.6 Å². The summed E-state index contributed by atoms with van der Waals surface area (Å²) in [6.07, 6.45) is 6.80. The number of aromatic nitrogens is 1. The lowest BCUT2D eigenvalue weighted by Crippen LogP contribution is -2.42. The Hall–Kier alpha value is -1.66. The van der Waals surface area contributed by atoms with E-state index in [1.54, 1.807) is 11.3 Å². The number of carbonyl (C=O) groups excluding carboxylic acids is 1. The van der Waals surface area contributed by atoms with Gasteiger partial charge < -0.3 is 9.32 Å². The first-order valence-electron chi connectivity index (χ1n) is 10.2. The van der Waals surface area contributed by atoms with Crippen LogP contribution in [-0.2, 0) is 11.3 Å². The Kier molecular flexibility index (Phi) is 5.93. The monoisotopic (exact) mass is 387 g/mol. The lowest BCUT2D eigenvalue weighted by atomic mass is 9.95. The maximum atomic E-state index is 12.8. The van der Waals surface area contributed by atoms with E-state index in [-0.39, 0.29) is 5.92 Å². The van der Waals surface area contributed by atoms with Crippen molar-refractivity contribution in [1.82, 2.24) is 14.8 Å². The van der Waals surface area contributed by atoms with Crippen molar-refractivity contribution < 1.29 is 9.21 Å². The summed E-state index contributed by atoms with van der Waals surface area (Å²) in [7, 11) is 0. The minimum Gasteiger partial charge on any atom is -0.440 e. The topological polar surface area (TPSA) is 49.6 Å². The molecule has 0 radical (unpaired) electrons. The largest absolute Gasteiger partial charge is 0.440 e. The summed E-state index contributed by atoms with van der Waals surface area (Å²) in [6, 6.07) is 4.06. The van der Waals surface area contributed by atoms with E-state index in [1.807, 2.05) is 24.4 Å². The molecule has 0 aromatic carbocycles. The molecule has 5 nitrogen and oxygen atoms in total. The zero-order valence-electron chi connectivity index (χ0n) is 16.2. The van der Waals surface area contributed by atoms with Crippen LogP contribution in [0.5, 0.6) is 0 Å². The molecule has 0 N–H and O–H groups in total. The van der Waals surface area contributed by atoms with E-state index in [2.05, 4.69) is 9.80 Å². The lowest BCUT2D eigenvalue weighted by molar-refractivity contribution is -0.137. The number of carbonyl (C=O) groups is 1. The van der Waals surface area contributed by atoms with Crippen LogP contribution < -0.4 is 0 Å². The molecule has 2 aromatic heterocycles. The summed E-state index contributed by atoms with van der Waals surface area (Å²) >= 11 is 1.65. The van der Waals surface area contributed by atoms with Gasteiger partial charge in [0.2, 0.25) is 11.8 Å². The molecule has 0 saturated carbocycles. The second kappa shape index (κ2) is 8.57. The number of hydrogen-bond acceptors (Lipinski definition) is 5. The smallest absolute Gasteiger partial charge is 0.236 e. The predicted octanol–water partition coefficient (Wildman–Crippen LogP) is 4.33. The molecule has 2 aliphatic rings. The minimum absolute atomic E-state index is 0.208. The second-order valence-electron chi connectivity index (χ2n) is 7.79. The van der Waals surface area contributed by atoms with Gasteiger partial charge in [0.25, 0.3) is 0 Å². The summed E-state index contributed by atoms with van der Waals surface area (Å²) in [5, 5.41) is 2.04. The third kappa shape index (κ3) is 4.43. The molecule has 0 aliphatic carbocycles. The summed E-state index contributed by atoms with van der Waals surface area (Å²) in [4.78, 5) is 23.2. The molecule has 6 heteroatoms. The zero-order chi connectivity index (χ0) is 18.6. The Morgan fingerprint density at radius 3 is 2.59 bits per heavy atom. The minimum atomic E-state index is 0.208. The van der Waals surface area contributed by atoms with Crippen LogP contribution in [0, 0.1) is 12.8 Å². The van der Waals surface area contributed by atoms with E-state index in [4.69, 9.17) is 9.40 Å². The fourth-order valence-electron chi connectivity index (χ4n) is 4.18. The Morgan fingerprint density at radius 1 is 1.19 bits per heavy atom. The molecular formula is C21H29N3O2S. The first-order valence-corrected chi connectivity index (χ1v) is 11.1. The highest BCUT2D eigenvalue weighted by Crippen LogP contribution is 2.28. The highest BCUT2D eigenvalue weighted by atomic mass is 32.1. The highest BCUT2D eigenvalue weighted by molar-refractivity contribution is 7.13. The van der Waals surface area contributed by atoms with Crippen LogP contribution in [0.4, 0.5) is 0 Å². The molecule has 0 spiro atoms. The van der Waals surface area contributed by atoms with Gasteiger partial charge >= 0.3 is 0 Å². The van der Waals surface area contributed by atoms with Crippen molar-refractivity contribution in [3.8, 4) is 10.8 Å². The van der Waals surface area contributed by atoms with Crippen molar-refractivity contribution >= 4 is 17.2 Å².